The second kappa shape index (κ2) is 9.38. The number of hydrogen-bond acceptors (Lipinski definition) is 6. The van der Waals surface area contributed by atoms with E-state index in [9.17, 15) is 19.8 Å². The molecule has 2 N–H and O–H groups in total. The van der Waals surface area contributed by atoms with Gasteiger partial charge in [0.2, 0.25) is 0 Å². The van der Waals surface area contributed by atoms with Crippen LogP contribution in [0.25, 0.3) is 0 Å². The van der Waals surface area contributed by atoms with Crippen LogP contribution >= 0.6 is 0 Å². The quantitative estimate of drug-likeness (QED) is 0.654. The summed E-state index contributed by atoms with van der Waals surface area (Å²) in [5.41, 5.74) is 0. The summed E-state index contributed by atoms with van der Waals surface area (Å²) in [6.45, 7) is 3.44. The highest BCUT2D eigenvalue weighted by molar-refractivity contribution is 5.82. The van der Waals surface area contributed by atoms with Crippen molar-refractivity contribution in [1.29, 1.82) is 0 Å². The summed E-state index contributed by atoms with van der Waals surface area (Å²) in [5.74, 6) is -1.05. The molecule has 0 saturated heterocycles. The molecule has 0 fully saturated rings. The van der Waals surface area contributed by atoms with Gasteiger partial charge in [0.15, 0.2) is 0 Å². The van der Waals surface area contributed by atoms with Crippen LogP contribution in [0.2, 0.25) is 0 Å². The minimum absolute atomic E-state index is 0.361. The zero-order valence-corrected chi connectivity index (χ0v) is 13.0. The molecule has 6 nitrogen and oxygen atoms in total. The van der Waals surface area contributed by atoms with Crippen molar-refractivity contribution in [3.63, 3.8) is 0 Å². The van der Waals surface area contributed by atoms with Crippen LogP contribution in [0, 0.1) is 0 Å². The lowest BCUT2D eigenvalue weighted by atomic mass is 10.1. The predicted octanol–water partition coefficient (Wildman–Crippen LogP) is 1.26. The maximum atomic E-state index is 11.6. The third-order valence-electron chi connectivity index (χ3n) is 3.28. The summed E-state index contributed by atoms with van der Waals surface area (Å²) in [7, 11) is 0. The second-order valence-corrected chi connectivity index (χ2v) is 5.50. The number of carbonyl (C=O) groups excluding carboxylic acids is 2. The Morgan fingerprint density at radius 3 is 1.55 bits per heavy atom. The molecule has 0 saturated carbocycles. The third-order valence-corrected chi connectivity index (χ3v) is 3.28. The van der Waals surface area contributed by atoms with E-state index in [1.54, 1.807) is 13.8 Å². The highest BCUT2D eigenvalue weighted by Gasteiger charge is 2.13. The van der Waals surface area contributed by atoms with Gasteiger partial charge in [0, 0.05) is 12.2 Å². The number of hydrogen-bond donors (Lipinski definition) is 2. The maximum Gasteiger partial charge on any atom is 0.330 e. The molecule has 0 spiro atoms. The number of aliphatic hydroxyl groups is 2. The Morgan fingerprint density at radius 1 is 0.818 bits per heavy atom. The second-order valence-electron chi connectivity index (χ2n) is 5.50. The lowest BCUT2D eigenvalue weighted by molar-refractivity contribution is -0.143. The summed E-state index contributed by atoms with van der Waals surface area (Å²) in [4.78, 5) is 23.1. The molecule has 22 heavy (non-hydrogen) atoms. The van der Waals surface area contributed by atoms with Crippen molar-refractivity contribution < 1.29 is 29.3 Å². The van der Waals surface area contributed by atoms with E-state index in [0.717, 1.165) is 0 Å². The van der Waals surface area contributed by atoms with Gasteiger partial charge in [-0.25, -0.2) is 9.59 Å². The van der Waals surface area contributed by atoms with Crippen LogP contribution in [-0.4, -0.2) is 46.6 Å². The van der Waals surface area contributed by atoms with Gasteiger partial charge in [-0.3, -0.25) is 0 Å². The van der Waals surface area contributed by atoms with Crippen LogP contribution in [0.3, 0.4) is 0 Å². The molecular formula is C16H24O6. The van der Waals surface area contributed by atoms with Crippen molar-refractivity contribution in [2.24, 2.45) is 0 Å². The van der Waals surface area contributed by atoms with Gasteiger partial charge in [-0.1, -0.05) is 0 Å². The van der Waals surface area contributed by atoms with Crippen molar-refractivity contribution in [3.05, 3.63) is 24.3 Å². The van der Waals surface area contributed by atoms with Crippen molar-refractivity contribution >= 4 is 11.9 Å². The lowest BCUT2D eigenvalue weighted by Crippen LogP contribution is -2.18. The lowest BCUT2D eigenvalue weighted by Gasteiger charge is -2.15. The van der Waals surface area contributed by atoms with Gasteiger partial charge in [-0.15, -0.1) is 0 Å². The molecule has 0 aromatic rings. The zero-order valence-electron chi connectivity index (χ0n) is 13.0. The van der Waals surface area contributed by atoms with Gasteiger partial charge >= 0.3 is 11.9 Å². The van der Waals surface area contributed by atoms with Crippen molar-refractivity contribution in [3.8, 4) is 0 Å². The number of esters is 2. The number of cyclic esters (lactones) is 2. The molecule has 1 rings (SSSR count). The molecule has 4 atom stereocenters. The van der Waals surface area contributed by atoms with Crippen LogP contribution in [0.1, 0.15) is 39.5 Å². The minimum Gasteiger partial charge on any atom is -0.460 e. The Labute approximate surface area is 130 Å². The Hall–Kier alpha value is -1.66. The fourth-order valence-corrected chi connectivity index (χ4v) is 1.98. The molecule has 1 aliphatic heterocycles. The zero-order chi connectivity index (χ0) is 16.5. The van der Waals surface area contributed by atoms with Gasteiger partial charge in [0.05, 0.1) is 24.4 Å². The van der Waals surface area contributed by atoms with Crippen LogP contribution in [0.4, 0.5) is 0 Å². The summed E-state index contributed by atoms with van der Waals surface area (Å²) < 4.78 is 10.3. The first kappa shape index (κ1) is 18.4. The van der Waals surface area contributed by atoms with E-state index in [1.807, 2.05) is 0 Å². The first-order chi connectivity index (χ1) is 10.4. The van der Waals surface area contributed by atoms with Crippen LogP contribution in [0.15, 0.2) is 24.3 Å². The third kappa shape index (κ3) is 7.95. The molecule has 6 heteroatoms. The van der Waals surface area contributed by atoms with Gasteiger partial charge < -0.3 is 19.7 Å². The van der Waals surface area contributed by atoms with E-state index < -0.39 is 24.1 Å². The average Bonchev–Trinajstić information content (AvgIpc) is 2.46. The summed E-state index contributed by atoms with van der Waals surface area (Å²) in [5, 5.41) is 19.5. The highest BCUT2D eigenvalue weighted by atomic mass is 16.5. The average molecular weight is 312 g/mol. The Balaban J connectivity index is 2.70. The van der Waals surface area contributed by atoms with Gasteiger partial charge in [0.1, 0.15) is 0 Å². The van der Waals surface area contributed by atoms with Crippen LogP contribution < -0.4 is 0 Å². The topological polar surface area (TPSA) is 93.1 Å². The van der Waals surface area contributed by atoms with E-state index >= 15 is 0 Å². The summed E-state index contributed by atoms with van der Waals surface area (Å²) in [6, 6.07) is 0. The largest absolute Gasteiger partial charge is 0.460 e. The van der Waals surface area contributed by atoms with Gasteiger partial charge in [0.25, 0.3) is 0 Å². The molecule has 1 heterocycles. The van der Waals surface area contributed by atoms with Gasteiger partial charge in [-0.05, 0) is 51.7 Å². The summed E-state index contributed by atoms with van der Waals surface area (Å²) >= 11 is 0. The molecule has 124 valence electrons. The first-order valence-electron chi connectivity index (χ1n) is 7.50. The summed E-state index contributed by atoms with van der Waals surface area (Å²) in [6.07, 6.45) is 4.44. The SMILES string of the molecule is CC1CCC(O)/C=C\C(=O)OC(C)CCC(O)/C=C\C(=O)O1. The molecule has 0 bridgehead atoms. The standard InChI is InChI=1S/C16H24O6/c1-11-3-5-13(17)8-10-16(20)22-12(2)4-6-14(18)7-9-15(19)21-11/h7-14,17-18H,3-6H2,1-2H3/b9-7-,10-8-. The van der Waals surface area contributed by atoms with Crippen molar-refractivity contribution in [1.82, 2.24) is 0 Å². The Bertz CT molecular complexity index is 388. The normalized spacial score (nSPS) is 35.3. The van der Waals surface area contributed by atoms with E-state index in [1.165, 1.54) is 24.3 Å². The molecule has 4 unspecified atom stereocenters. The van der Waals surface area contributed by atoms with E-state index in [-0.39, 0.29) is 12.2 Å². The first-order valence-corrected chi connectivity index (χ1v) is 7.50. The number of aliphatic hydroxyl groups excluding tert-OH is 2. The van der Waals surface area contributed by atoms with Crippen LogP contribution in [0.5, 0.6) is 0 Å². The highest BCUT2D eigenvalue weighted by Crippen LogP contribution is 2.10. The van der Waals surface area contributed by atoms with Crippen molar-refractivity contribution in [2.45, 2.75) is 63.9 Å². The molecule has 0 aliphatic carbocycles. The fraction of sp³-hybridized carbons (Fsp3) is 0.625. The fourth-order valence-electron chi connectivity index (χ4n) is 1.98. The minimum atomic E-state index is -0.797. The molecule has 0 amide bonds. The van der Waals surface area contributed by atoms with E-state index in [4.69, 9.17) is 9.47 Å². The number of rotatable bonds is 0. The molecular weight excluding hydrogens is 288 g/mol. The van der Waals surface area contributed by atoms with Gasteiger partial charge in [-0.2, -0.15) is 0 Å². The molecule has 0 aromatic carbocycles. The predicted molar refractivity (Wildman–Crippen MR) is 79.9 cm³/mol. The monoisotopic (exact) mass is 312 g/mol. The van der Waals surface area contributed by atoms with Crippen LogP contribution in [-0.2, 0) is 19.1 Å². The van der Waals surface area contributed by atoms with E-state index in [2.05, 4.69) is 0 Å². The van der Waals surface area contributed by atoms with Crippen molar-refractivity contribution in [2.75, 3.05) is 0 Å². The van der Waals surface area contributed by atoms with E-state index in [0.29, 0.717) is 25.7 Å². The number of ether oxygens (including phenoxy) is 2. The smallest absolute Gasteiger partial charge is 0.330 e. The molecule has 0 radical (unpaired) electrons. The Kier molecular flexibility index (Phi) is 7.84. The molecule has 1 aliphatic rings. The number of carbonyl (C=O) groups is 2. The Morgan fingerprint density at radius 2 is 1.18 bits per heavy atom. The molecule has 0 aromatic heterocycles. The maximum absolute atomic E-state index is 11.6.